The largest absolute Gasteiger partial charge is 0.382 e. The smallest absolute Gasteiger partial charge is 0.251 e. The number of guanidine groups is 1. The molecule has 1 aliphatic rings. The van der Waals surface area contributed by atoms with E-state index in [-0.39, 0.29) is 11.4 Å². The number of benzene rings is 1. The maximum atomic E-state index is 12.1. The Labute approximate surface area is 137 Å². The summed E-state index contributed by atoms with van der Waals surface area (Å²) in [5.41, 5.74) is 7.17. The van der Waals surface area contributed by atoms with Gasteiger partial charge in [0.1, 0.15) is 0 Å². The molecule has 0 fully saturated rings. The van der Waals surface area contributed by atoms with Crippen molar-refractivity contribution in [2.45, 2.75) is 32.2 Å². The van der Waals surface area contributed by atoms with Gasteiger partial charge >= 0.3 is 0 Å². The van der Waals surface area contributed by atoms with Gasteiger partial charge in [0.25, 0.3) is 5.91 Å². The highest BCUT2D eigenvalue weighted by Crippen LogP contribution is 2.30. The van der Waals surface area contributed by atoms with E-state index in [1.807, 2.05) is 31.2 Å². The number of amides is 1. The number of carbonyl (C=O) groups is 1. The van der Waals surface area contributed by atoms with Gasteiger partial charge in [0.15, 0.2) is 5.96 Å². The molecule has 0 spiro atoms. The molecule has 1 heterocycles. The standard InChI is InChI=1S/C17H26N4O2/c1-3-23-12-4-10-19-15(22)13-5-7-14(8-6-13)17(2)9-11-20-16(18)21-17/h5-8H,3-4,9-12H2,1-2H3,(H,19,22)(H3,18,20,21). The Hall–Kier alpha value is -2.08. The van der Waals surface area contributed by atoms with Crippen LogP contribution in [0.2, 0.25) is 0 Å². The average molecular weight is 318 g/mol. The lowest BCUT2D eigenvalue weighted by molar-refractivity contribution is 0.0944. The molecule has 1 unspecified atom stereocenters. The number of hydrogen-bond donors (Lipinski definition) is 3. The summed E-state index contributed by atoms with van der Waals surface area (Å²) in [5.74, 6) is 0.404. The van der Waals surface area contributed by atoms with E-state index < -0.39 is 0 Å². The third-order valence-electron chi connectivity index (χ3n) is 4.01. The summed E-state index contributed by atoms with van der Waals surface area (Å²) in [5, 5.41) is 5.92. The van der Waals surface area contributed by atoms with Crippen molar-refractivity contribution >= 4 is 11.9 Å². The minimum Gasteiger partial charge on any atom is -0.382 e. The first-order valence-electron chi connectivity index (χ1n) is 8.11. The van der Waals surface area contributed by atoms with Crippen LogP contribution in [0.25, 0.3) is 0 Å². The van der Waals surface area contributed by atoms with Crippen LogP contribution in [-0.2, 0) is 10.3 Å². The zero-order valence-corrected chi connectivity index (χ0v) is 13.9. The number of rotatable bonds is 7. The van der Waals surface area contributed by atoms with Gasteiger partial charge < -0.3 is 21.1 Å². The summed E-state index contributed by atoms with van der Waals surface area (Å²) in [6, 6.07) is 7.59. The first-order valence-corrected chi connectivity index (χ1v) is 8.11. The molecule has 0 bridgehead atoms. The van der Waals surface area contributed by atoms with Crippen molar-refractivity contribution in [2.24, 2.45) is 10.7 Å². The fraction of sp³-hybridized carbons (Fsp3) is 0.529. The highest BCUT2D eigenvalue weighted by Gasteiger charge is 2.28. The van der Waals surface area contributed by atoms with Crippen LogP contribution in [0.5, 0.6) is 0 Å². The third kappa shape index (κ3) is 4.69. The number of ether oxygens (including phenoxy) is 1. The van der Waals surface area contributed by atoms with Gasteiger partial charge in [0.05, 0.1) is 5.54 Å². The molecule has 23 heavy (non-hydrogen) atoms. The minimum atomic E-state index is -0.332. The van der Waals surface area contributed by atoms with Crippen LogP contribution in [-0.4, -0.2) is 38.2 Å². The van der Waals surface area contributed by atoms with Gasteiger partial charge in [-0.2, -0.15) is 0 Å². The molecule has 4 N–H and O–H groups in total. The second-order valence-corrected chi connectivity index (χ2v) is 5.83. The molecule has 0 aromatic heterocycles. The van der Waals surface area contributed by atoms with Crippen molar-refractivity contribution < 1.29 is 9.53 Å². The second kappa shape index (κ2) is 7.97. The van der Waals surface area contributed by atoms with Gasteiger partial charge in [0, 0.05) is 31.9 Å². The molecule has 0 saturated heterocycles. The van der Waals surface area contributed by atoms with Gasteiger partial charge in [-0.1, -0.05) is 12.1 Å². The van der Waals surface area contributed by atoms with E-state index >= 15 is 0 Å². The molecule has 6 nitrogen and oxygen atoms in total. The van der Waals surface area contributed by atoms with Crippen molar-refractivity contribution in [3.63, 3.8) is 0 Å². The summed E-state index contributed by atoms with van der Waals surface area (Å²) in [4.78, 5) is 16.6. The topological polar surface area (TPSA) is 88.7 Å². The zero-order valence-electron chi connectivity index (χ0n) is 13.9. The molecule has 1 amide bonds. The first kappa shape index (κ1) is 17.3. The molecule has 0 saturated carbocycles. The molecular weight excluding hydrogens is 292 g/mol. The van der Waals surface area contributed by atoms with E-state index in [4.69, 9.17) is 10.5 Å². The predicted molar refractivity (Wildman–Crippen MR) is 91.5 cm³/mol. The Morgan fingerprint density at radius 1 is 1.43 bits per heavy atom. The number of nitrogens with one attached hydrogen (secondary N) is 2. The lowest BCUT2D eigenvalue weighted by atomic mass is 9.88. The Bertz CT molecular complexity index is 556. The summed E-state index contributed by atoms with van der Waals surface area (Å²) in [7, 11) is 0. The van der Waals surface area contributed by atoms with Gasteiger partial charge in [-0.05, 0) is 44.4 Å². The summed E-state index contributed by atoms with van der Waals surface area (Å²) in [6.45, 7) is 6.81. The first-order chi connectivity index (χ1) is 11.0. The quantitative estimate of drug-likeness (QED) is 0.662. The van der Waals surface area contributed by atoms with Crippen molar-refractivity contribution in [3.8, 4) is 0 Å². The average Bonchev–Trinajstić information content (AvgIpc) is 2.54. The zero-order chi connectivity index (χ0) is 16.7. The molecule has 1 aliphatic heterocycles. The van der Waals surface area contributed by atoms with E-state index in [2.05, 4.69) is 22.5 Å². The number of aliphatic imine (C=N–C) groups is 1. The van der Waals surface area contributed by atoms with Crippen LogP contribution in [0.4, 0.5) is 0 Å². The van der Waals surface area contributed by atoms with E-state index in [1.165, 1.54) is 0 Å². The summed E-state index contributed by atoms with van der Waals surface area (Å²) >= 11 is 0. The van der Waals surface area contributed by atoms with Gasteiger partial charge in [0.2, 0.25) is 0 Å². The monoisotopic (exact) mass is 318 g/mol. The predicted octanol–water partition coefficient (Wildman–Crippen LogP) is 1.37. The molecule has 126 valence electrons. The van der Waals surface area contributed by atoms with Crippen molar-refractivity contribution in [2.75, 3.05) is 26.3 Å². The van der Waals surface area contributed by atoms with E-state index in [1.54, 1.807) is 0 Å². The van der Waals surface area contributed by atoms with Crippen LogP contribution in [0.3, 0.4) is 0 Å². The van der Waals surface area contributed by atoms with Gasteiger partial charge in [-0.3, -0.25) is 4.79 Å². The van der Waals surface area contributed by atoms with Gasteiger partial charge in [-0.25, -0.2) is 4.99 Å². The lowest BCUT2D eigenvalue weighted by Gasteiger charge is -2.30. The van der Waals surface area contributed by atoms with Crippen molar-refractivity contribution in [1.82, 2.24) is 10.6 Å². The Kier molecular flexibility index (Phi) is 5.98. The minimum absolute atomic E-state index is 0.0634. The van der Waals surface area contributed by atoms with Crippen LogP contribution in [0.15, 0.2) is 29.3 Å². The Morgan fingerprint density at radius 2 is 2.17 bits per heavy atom. The van der Waals surface area contributed by atoms with Crippen LogP contribution in [0.1, 0.15) is 42.6 Å². The van der Waals surface area contributed by atoms with Crippen molar-refractivity contribution in [1.29, 1.82) is 0 Å². The maximum Gasteiger partial charge on any atom is 0.251 e. The van der Waals surface area contributed by atoms with E-state index in [0.29, 0.717) is 31.3 Å². The lowest BCUT2D eigenvalue weighted by Crippen LogP contribution is -2.42. The fourth-order valence-corrected chi connectivity index (χ4v) is 2.61. The Balaban J connectivity index is 1.94. The molecule has 6 heteroatoms. The third-order valence-corrected chi connectivity index (χ3v) is 4.01. The number of carbonyl (C=O) groups excluding carboxylic acids is 1. The molecule has 2 rings (SSSR count). The van der Waals surface area contributed by atoms with Crippen LogP contribution in [0, 0.1) is 0 Å². The van der Waals surface area contributed by atoms with Crippen LogP contribution < -0.4 is 16.4 Å². The van der Waals surface area contributed by atoms with Crippen molar-refractivity contribution in [3.05, 3.63) is 35.4 Å². The fourth-order valence-electron chi connectivity index (χ4n) is 2.61. The number of nitrogens with two attached hydrogens (primary N) is 1. The molecule has 1 aromatic carbocycles. The van der Waals surface area contributed by atoms with E-state index in [9.17, 15) is 4.79 Å². The summed E-state index contributed by atoms with van der Waals surface area (Å²) in [6.07, 6.45) is 1.69. The normalized spacial score (nSPS) is 20.5. The summed E-state index contributed by atoms with van der Waals surface area (Å²) < 4.78 is 5.24. The molecule has 1 atom stereocenters. The molecular formula is C17H26N4O2. The number of nitrogens with zero attached hydrogens (tertiary/aromatic N) is 1. The SMILES string of the molecule is CCOCCCNC(=O)c1ccc(C2(C)CCNC(N)=N2)cc1. The van der Waals surface area contributed by atoms with Gasteiger partial charge in [-0.15, -0.1) is 0 Å². The molecule has 1 aromatic rings. The molecule has 0 aliphatic carbocycles. The highest BCUT2D eigenvalue weighted by molar-refractivity contribution is 5.94. The number of hydrogen-bond acceptors (Lipinski definition) is 5. The van der Waals surface area contributed by atoms with Crippen LogP contribution >= 0.6 is 0 Å². The molecule has 0 radical (unpaired) electrons. The highest BCUT2D eigenvalue weighted by atomic mass is 16.5. The van der Waals surface area contributed by atoms with E-state index in [0.717, 1.165) is 24.9 Å². The second-order valence-electron chi connectivity index (χ2n) is 5.83. The maximum absolute atomic E-state index is 12.1. The Morgan fingerprint density at radius 3 is 2.83 bits per heavy atom.